The second-order valence-corrected chi connectivity index (χ2v) is 3.89. The molecule has 0 aromatic carbocycles. The van der Waals surface area contributed by atoms with Gasteiger partial charge >= 0.3 is 0 Å². The van der Waals surface area contributed by atoms with Crippen LogP contribution in [-0.4, -0.2) is 25.0 Å². The van der Waals surface area contributed by atoms with Gasteiger partial charge in [-0.05, 0) is 31.8 Å². The normalized spacial score (nSPS) is 28.5. The maximum atomic E-state index is 11.3. The zero-order valence-electron chi connectivity index (χ0n) is 8.60. The van der Waals surface area contributed by atoms with Crippen molar-refractivity contribution in [2.75, 3.05) is 13.1 Å². The number of rotatable bonds is 3. The molecule has 0 saturated carbocycles. The molecule has 0 aromatic rings. The zero-order chi connectivity index (χ0) is 9.68. The molecule has 1 aliphatic rings. The summed E-state index contributed by atoms with van der Waals surface area (Å²) in [6.45, 7) is 6.27. The van der Waals surface area contributed by atoms with E-state index in [1.165, 1.54) is 0 Å². The van der Waals surface area contributed by atoms with Crippen LogP contribution in [0.4, 0.5) is 0 Å². The number of carbonyl (C=O) groups is 1. The lowest BCUT2D eigenvalue weighted by Gasteiger charge is -2.30. The molecular formula is C10H20N2O. The Labute approximate surface area is 80.3 Å². The minimum Gasteiger partial charge on any atom is -0.353 e. The molecular weight excluding hydrogens is 164 g/mol. The van der Waals surface area contributed by atoms with E-state index in [9.17, 15) is 4.79 Å². The molecule has 1 aliphatic heterocycles. The molecule has 76 valence electrons. The van der Waals surface area contributed by atoms with Crippen molar-refractivity contribution >= 4 is 5.91 Å². The Balaban J connectivity index is 2.29. The van der Waals surface area contributed by atoms with E-state index in [2.05, 4.69) is 17.6 Å². The third-order valence-corrected chi connectivity index (χ3v) is 2.61. The third kappa shape index (κ3) is 3.35. The van der Waals surface area contributed by atoms with E-state index in [1.54, 1.807) is 0 Å². The van der Waals surface area contributed by atoms with Crippen LogP contribution in [0.5, 0.6) is 0 Å². The predicted molar refractivity (Wildman–Crippen MR) is 53.5 cm³/mol. The molecule has 1 amide bonds. The van der Waals surface area contributed by atoms with Crippen LogP contribution in [-0.2, 0) is 4.79 Å². The van der Waals surface area contributed by atoms with E-state index in [4.69, 9.17) is 0 Å². The lowest BCUT2D eigenvalue weighted by molar-refractivity contribution is -0.122. The highest BCUT2D eigenvalue weighted by Gasteiger charge is 2.21. The SMILES string of the molecule is CCCC(=O)NC1CCNCC1C. The summed E-state index contributed by atoms with van der Waals surface area (Å²) < 4.78 is 0. The Hall–Kier alpha value is -0.570. The lowest BCUT2D eigenvalue weighted by Crippen LogP contribution is -2.48. The molecule has 2 unspecified atom stereocenters. The highest BCUT2D eigenvalue weighted by Crippen LogP contribution is 2.10. The summed E-state index contributed by atoms with van der Waals surface area (Å²) in [6, 6.07) is 0.389. The molecule has 1 fully saturated rings. The van der Waals surface area contributed by atoms with Crippen LogP contribution in [0.25, 0.3) is 0 Å². The first-order chi connectivity index (χ1) is 6.24. The van der Waals surface area contributed by atoms with Gasteiger partial charge in [-0.3, -0.25) is 4.79 Å². The molecule has 1 heterocycles. The summed E-state index contributed by atoms with van der Waals surface area (Å²) in [7, 11) is 0. The smallest absolute Gasteiger partial charge is 0.220 e. The average molecular weight is 184 g/mol. The van der Waals surface area contributed by atoms with Crippen molar-refractivity contribution in [2.24, 2.45) is 5.92 Å². The zero-order valence-corrected chi connectivity index (χ0v) is 8.60. The number of hydrogen-bond acceptors (Lipinski definition) is 2. The second kappa shape index (κ2) is 5.22. The molecule has 3 heteroatoms. The highest BCUT2D eigenvalue weighted by atomic mass is 16.1. The Bertz CT molecular complexity index is 170. The molecule has 1 saturated heterocycles. The van der Waals surface area contributed by atoms with Crippen molar-refractivity contribution in [2.45, 2.75) is 39.2 Å². The quantitative estimate of drug-likeness (QED) is 0.684. The van der Waals surface area contributed by atoms with Gasteiger partial charge in [0.05, 0.1) is 0 Å². The second-order valence-electron chi connectivity index (χ2n) is 3.89. The van der Waals surface area contributed by atoms with Gasteiger partial charge in [0.1, 0.15) is 0 Å². The van der Waals surface area contributed by atoms with Crippen molar-refractivity contribution in [1.82, 2.24) is 10.6 Å². The van der Waals surface area contributed by atoms with Gasteiger partial charge in [0.25, 0.3) is 0 Å². The first-order valence-electron chi connectivity index (χ1n) is 5.24. The maximum Gasteiger partial charge on any atom is 0.220 e. The molecule has 2 N–H and O–H groups in total. The van der Waals surface area contributed by atoms with Crippen LogP contribution in [0.1, 0.15) is 33.1 Å². The summed E-state index contributed by atoms with van der Waals surface area (Å²) in [6.07, 6.45) is 2.67. The Morgan fingerprint density at radius 1 is 1.62 bits per heavy atom. The van der Waals surface area contributed by atoms with Gasteiger partial charge in [0.15, 0.2) is 0 Å². The molecule has 0 aliphatic carbocycles. The van der Waals surface area contributed by atoms with E-state index in [1.807, 2.05) is 6.92 Å². The van der Waals surface area contributed by atoms with Crippen LogP contribution in [0.3, 0.4) is 0 Å². The lowest BCUT2D eigenvalue weighted by atomic mass is 9.95. The summed E-state index contributed by atoms with van der Waals surface area (Å²) in [4.78, 5) is 11.3. The largest absolute Gasteiger partial charge is 0.353 e. The molecule has 0 spiro atoms. The Morgan fingerprint density at radius 3 is 3.00 bits per heavy atom. The number of hydrogen-bond donors (Lipinski definition) is 2. The van der Waals surface area contributed by atoms with Crippen molar-refractivity contribution in [3.63, 3.8) is 0 Å². The van der Waals surface area contributed by atoms with Crippen molar-refractivity contribution < 1.29 is 4.79 Å². The predicted octanol–water partition coefficient (Wildman–Crippen LogP) is 0.901. The van der Waals surface area contributed by atoms with Gasteiger partial charge < -0.3 is 10.6 Å². The van der Waals surface area contributed by atoms with Crippen LogP contribution >= 0.6 is 0 Å². The highest BCUT2D eigenvalue weighted by molar-refractivity contribution is 5.76. The summed E-state index contributed by atoms with van der Waals surface area (Å²) >= 11 is 0. The van der Waals surface area contributed by atoms with Crippen LogP contribution in [0.15, 0.2) is 0 Å². The van der Waals surface area contributed by atoms with Gasteiger partial charge in [-0.1, -0.05) is 13.8 Å². The average Bonchev–Trinajstić information content (AvgIpc) is 2.09. The van der Waals surface area contributed by atoms with Crippen molar-refractivity contribution in [1.29, 1.82) is 0 Å². The third-order valence-electron chi connectivity index (χ3n) is 2.61. The summed E-state index contributed by atoms with van der Waals surface area (Å²) in [5, 5.41) is 6.41. The van der Waals surface area contributed by atoms with E-state index < -0.39 is 0 Å². The first kappa shape index (κ1) is 10.5. The summed E-state index contributed by atoms with van der Waals surface area (Å²) in [5.74, 6) is 0.774. The Kier molecular flexibility index (Phi) is 4.22. The molecule has 3 nitrogen and oxygen atoms in total. The summed E-state index contributed by atoms with van der Waals surface area (Å²) in [5.41, 5.74) is 0. The Morgan fingerprint density at radius 2 is 2.38 bits per heavy atom. The van der Waals surface area contributed by atoms with Crippen LogP contribution in [0.2, 0.25) is 0 Å². The van der Waals surface area contributed by atoms with Crippen LogP contribution < -0.4 is 10.6 Å². The molecule has 0 aromatic heterocycles. The molecule has 13 heavy (non-hydrogen) atoms. The monoisotopic (exact) mass is 184 g/mol. The fraction of sp³-hybridized carbons (Fsp3) is 0.900. The van der Waals surface area contributed by atoms with Crippen molar-refractivity contribution in [3.05, 3.63) is 0 Å². The van der Waals surface area contributed by atoms with Crippen molar-refractivity contribution in [3.8, 4) is 0 Å². The standard InChI is InChI=1S/C10H20N2O/c1-3-4-10(13)12-9-5-6-11-7-8(9)2/h8-9,11H,3-7H2,1-2H3,(H,12,13). The van der Waals surface area contributed by atoms with E-state index in [0.29, 0.717) is 18.4 Å². The molecule has 0 radical (unpaired) electrons. The number of piperidine rings is 1. The topological polar surface area (TPSA) is 41.1 Å². The fourth-order valence-corrected chi connectivity index (χ4v) is 1.73. The minimum atomic E-state index is 0.209. The van der Waals surface area contributed by atoms with Gasteiger partial charge in [-0.15, -0.1) is 0 Å². The van der Waals surface area contributed by atoms with Crippen LogP contribution in [0, 0.1) is 5.92 Å². The number of nitrogens with one attached hydrogen (secondary N) is 2. The molecule has 1 rings (SSSR count). The fourth-order valence-electron chi connectivity index (χ4n) is 1.73. The van der Waals surface area contributed by atoms with E-state index >= 15 is 0 Å². The number of amides is 1. The molecule has 0 bridgehead atoms. The van der Waals surface area contributed by atoms with E-state index in [-0.39, 0.29) is 5.91 Å². The van der Waals surface area contributed by atoms with Gasteiger partial charge in [-0.2, -0.15) is 0 Å². The first-order valence-corrected chi connectivity index (χ1v) is 5.24. The van der Waals surface area contributed by atoms with Gasteiger partial charge in [0, 0.05) is 12.5 Å². The minimum absolute atomic E-state index is 0.209. The molecule has 2 atom stereocenters. The number of carbonyl (C=O) groups excluding carboxylic acids is 1. The van der Waals surface area contributed by atoms with Gasteiger partial charge in [-0.25, -0.2) is 0 Å². The van der Waals surface area contributed by atoms with Gasteiger partial charge in [0.2, 0.25) is 5.91 Å². The van der Waals surface area contributed by atoms with E-state index in [0.717, 1.165) is 25.9 Å². The maximum absolute atomic E-state index is 11.3.